The monoisotopic (exact) mass is 538 g/mol. The van der Waals surface area contributed by atoms with E-state index in [1.54, 1.807) is 6.07 Å². The van der Waals surface area contributed by atoms with Gasteiger partial charge in [-0.2, -0.15) is 0 Å². The van der Waals surface area contributed by atoms with Crippen molar-refractivity contribution >= 4 is 46.0 Å². The van der Waals surface area contributed by atoms with E-state index in [0.29, 0.717) is 22.4 Å². The van der Waals surface area contributed by atoms with Crippen molar-refractivity contribution in [3.05, 3.63) is 141 Å². The molecule has 1 aliphatic heterocycles. The molecule has 2 atom stereocenters. The number of para-hydroxylation sites is 1. The third-order valence-corrected chi connectivity index (χ3v) is 7.91. The third-order valence-electron chi connectivity index (χ3n) is 7.17. The summed E-state index contributed by atoms with van der Waals surface area (Å²) in [6, 6.07) is 33.1. The summed E-state index contributed by atoms with van der Waals surface area (Å²) >= 11 is 12.9. The maximum absolute atomic E-state index is 14.2. The Morgan fingerprint density at radius 2 is 1.55 bits per heavy atom. The van der Waals surface area contributed by atoms with Crippen LogP contribution in [-0.2, 0) is 16.0 Å². The van der Waals surface area contributed by atoms with Gasteiger partial charge < -0.3 is 9.72 Å². The highest BCUT2D eigenvalue weighted by Crippen LogP contribution is 2.48. The van der Waals surface area contributed by atoms with E-state index in [-0.39, 0.29) is 0 Å². The number of nitrogens with one attached hydrogen (secondary N) is 1. The molecular weight excluding hydrogens is 515 g/mol. The molecule has 0 bridgehead atoms. The molecule has 0 unspecified atom stereocenters. The van der Waals surface area contributed by atoms with Gasteiger partial charge >= 0.3 is 5.97 Å². The van der Waals surface area contributed by atoms with E-state index < -0.39 is 17.4 Å². The quantitative estimate of drug-likeness (QED) is 0.223. The van der Waals surface area contributed by atoms with E-state index in [0.717, 1.165) is 38.9 Å². The third kappa shape index (κ3) is 4.20. The number of ether oxygens (including phenoxy) is 1. The molecule has 6 heteroatoms. The largest absolute Gasteiger partial charge is 0.405 e. The number of aryl methyl sites for hydroxylation is 1. The fraction of sp³-hybridized carbons (Fsp3) is 0.125. The minimum atomic E-state index is -1.29. The van der Waals surface area contributed by atoms with E-state index >= 15 is 0 Å². The summed E-state index contributed by atoms with van der Waals surface area (Å²) in [5, 5.41) is 1.88. The van der Waals surface area contributed by atoms with Crippen molar-refractivity contribution in [1.29, 1.82) is 0 Å². The Labute approximate surface area is 230 Å². The van der Waals surface area contributed by atoms with Crippen LogP contribution in [-0.4, -0.2) is 22.4 Å². The van der Waals surface area contributed by atoms with Crippen molar-refractivity contribution in [3.63, 3.8) is 0 Å². The molecule has 0 saturated carbocycles. The van der Waals surface area contributed by atoms with E-state index in [1.165, 1.54) is 0 Å². The Morgan fingerprint density at radius 3 is 2.29 bits per heavy atom. The number of carbonyl (C=O) groups excluding carboxylic acids is 1. The van der Waals surface area contributed by atoms with Crippen LogP contribution < -0.4 is 0 Å². The van der Waals surface area contributed by atoms with Crippen LogP contribution in [0.4, 0.5) is 0 Å². The molecule has 0 saturated heterocycles. The molecule has 1 aliphatic rings. The number of carbonyl (C=O) groups is 1. The Kier molecular flexibility index (Phi) is 6.30. The summed E-state index contributed by atoms with van der Waals surface area (Å²) in [5.41, 5.74) is 4.18. The number of esters is 1. The predicted octanol–water partition coefficient (Wildman–Crippen LogP) is 7.90. The highest BCUT2D eigenvalue weighted by molar-refractivity contribution is 6.42. The van der Waals surface area contributed by atoms with Crippen molar-refractivity contribution in [3.8, 4) is 0 Å². The number of rotatable bonds is 6. The molecule has 0 amide bonds. The number of hydrogen-bond acceptors (Lipinski definition) is 3. The minimum absolute atomic E-state index is 0.314. The smallest absolute Gasteiger partial charge is 0.342 e. The number of benzene rings is 4. The second-order valence-electron chi connectivity index (χ2n) is 9.57. The van der Waals surface area contributed by atoms with Crippen molar-refractivity contribution in [2.24, 2.45) is 4.99 Å². The first kappa shape index (κ1) is 24.5. The van der Waals surface area contributed by atoms with E-state index in [4.69, 9.17) is 32.9 Å². The SMILES string of the molecule is Cc1[nH]c2ccccc2c1[C@@H](c1ccc(Cl)c(Cl)c1)[C@]1(Cc2ccccc2)N=C(c2ccccc2)OC1=O. The first-order chi connectivity index (χ1) is 18.5. The molecule has 4 nitrogen and oxygen atoms in total. The van der Waals surface area contributed by atoms with Crippen molar-refractivity contribution in [2.45, 2.75) is 24.8 Å². The molecule has 0 fully saturated rings. The average molecular weight is 539 g/mol. The summed E-state index contributed by atoms with van der Waals surface area (Å²) < 4.78 is 5.98. The van der Waals surface area contributed by atoms with Crippen LogP contribution in [0.15, 0.2) is 108 Å². The number of aromatic amines is 1. The number of hydrogen-bond donors (Lipinski definition) is 1. The number of nitrogens with zero attached hydrogens (tertiary/aromatic N) is 1. The number of aliphatic imine (C=N–C) groups is 1. The van der Waals surface area contributed by atoms with Crippen LogP contribution >= 0.6 is 23.2 Å². The lowest BCUT2D eigenvalue weighted by atomic mass is 9.71. The first-order valence-corrected chi connectivity index (χ1v) is 13.2. The fourth-order valence-electron chi connectivity index (χ4n) is 5.48. The standard InChI is InChI=1S/C32H24Cl2N2O2/c1-20-28(24-14-8-9-15-27(24)35-20)29(23-16-17-25(33)26(34)18-23)32(19-21-10-4-2-5-11-21)31(37)38-30(36-32)22-12-6-3-7-13-22/h2-18,29,35H,19H2,1H3/t29-,32+/m1/s1. The Bertz CT molecular complexity index is 1680. The Hall–Kier alpha value is -3.86. The minimum Gasteiger partial charge on any atom is -0.405 e. The zero-order valence-electron chi connectivity index (χ0n) is 20.6. The molecule has 0 spiro atoms. The maximum atomic E-state index is 14.2. The zero-order chi connectivity index (χ0) is 26.3. The second-order valence-corrected chi connectivity index (χ2v) is 10.4. The summed E-state index contributed by atoms with van der Waals surface area (Å²) in [4.78, 5) is 22.8. The maximum Gasteiger partial charge on any atom is 0.342 e. The van der Waals surface area contributed by atoms with Crippen molar-refractivity contribution in [1.82, 2.24) is 4.98 Å². The second kappa shape index (κ2) is 9.79. The van der Waals surface area contributed by atoms with Gasteiger partial charge in [0, 0.05) is 34.5 Å². The molecule has 1 aromatic heterocycles. The van der Waals surface area contributed by atoms with Crippen LogP contribution in [0.3, 0.4) is 0 Å². The van der Waals surface area contributed by atoms with E-state index in [2.05, 4.69) is 11.1 Å². The molecule has 4 aromatic carbocycles. The molecule has 1 N–H and O–H groups in total. The van der Waals surface area contributed by atoms with Gasteiger partial charge in [0.25, 0.3) is 0 Å². The highest BCUT2D eigenvalue weighted by Gasteiger charge is 2.54. The van der Waals surface area contributed by atoms with Crippen molar-refractivity contribution < 1.29 is 9.53 Å². The molecule has 188 valence electrons. The molecule has 5 aromatic rings. The summed E-state index contributed by atoms with van der Waals surface area (Å²) in [7, 11) is 0. The summed E-state index contributed by atoms with van der Waals surface area (Å²) in [6.45, 7) is 2.03. The van der Waals surface area contributed by atoms with Gasteiger partial charge in [-0.3, -0.25) is 0 Å². The number of H-pyrrole nitrogens is 1. The van der Waals surface area contributed by atoms with E-state index in [9.17, 15) is 4.79 Å². The van der Waals surface area contributed by atoms with Crippen LogP contribution in [0.25, 0.3) is 10.9 Å². The average Bonchev–Trinajstić information content (AvgIpc) is 3.44. The molecule has 38 heavy (non-hydrogen) atoms. The molecule has 6 rings (SSSR count). The Balaban J connectivity index is 1.67. The molecule has 2 heterocycles. The summed E-state index contributed by atoms with van der Waals surface area (Å²) in [6.07, 6.45) is 0.340. The number of cyclic esters (lactones) is 1. The van der Waals surface area contributed by atoms with Gasteiger partial charge in [0.15, 0.2) is 5.54 Å². The van der Waals surface area contributed by atoms with Gasteiger partial charge in [0.2, 0.25) is 5.90 Å². The van der Waals surface area contributed by atoms with Crippen LogP contribution in [0, 0.1) is 6.92 Å². The van der Waals surface area contributed by atoms with Gasteiger partial charge in [-0.25, -0.2) is 9.79 Å². The lowest BCUT2D eigenvalue weighted by Crippen LogP contribution is -2.43. The van der Waals surface area contributed by atoms with E-state index in [1.807, 2.05) is 97.9 Å². The number of fused-ring (bicyclic) bond motifs is 1. The lowest BCUT2D eigenvalue weighted by molar-refractivity contribution is -0.139. The zero-order valence-corrected chi connectivity index (χ0v) is 22.1. The lowest BCUT2D eigenvalue weighted by Gasteiger charge is -2.33. The number of aromatic nitrogens is 1. The van der Waals surface area contributed by atoms with Crippen LogP contribution in [0.1, 0.15) is 33.9 Å². The van der Waals surface area contributed by atoms with Gasteiger partial charge in [0.05, 0.1) is 10.0 Å². The highest BCUT2D eigenvalue weighted by atomic mass is 35.5. The predicted molar refractivity (Wildman–Crippen MR) is 153 cm³/mol. The molecule has 0 radical (unpaired) electrons. The van der Waals surface area contributed by atoms with Gasteiger partial charge in [-0.15, -0.1) is 0 Å². The van der Waals surface area contributed by atoms with Crippen molar-refractivity contribution in [2.75, 3.05) is 0 Å². The van der Waals surface area contributed by atoms with Crippen LogP contribution in [0.2, 0.25) is 10.0 Å². The molecular formula is C32H24Cl2N2O2. The number of halogens is 2. The summed E-state index contributed by atoms with van der Waals surface area (Å²) in [5.74, 6) is -0.600. The van der Waals surface area contributed by atoms with Gasteiger partial charge in [-0.1, -0.05) is 96.0 Å². The topological polar surface area (TPSA) is 54.4 Å². The Morgan fingerprint density at radius 1 is 0.868 bits per heavy atom. The first-order valence-electron chi connectivity index (χ1n) is 12.4. The fourth-order valence-corrected chi connectivity index (χ4v) is 5.78. The van der Waals surface area contributed by atoms with Gasteiger partial charge in [-0.05, 0) is 53.9 Å². The van der Waals surface area contributed by atoms with Gasteiger partial charge in [0.1, 0.15) is 0 Å². The molecule has 0 aliphatic carbocycles. The van der Waals surface area contributed by atoms with Crippen LogP contribution in [0.5, 0.6) is 0 Å². The normalized spacial score (nSPS) is 17.9.